The molecule has 6 rings (SSSR count). The summed E-state index contributed by atoms with van der Waals surface area (Å²) in [7, 11) is 1.60. The van der Waals surface area contributed by atoms with Gasteiger partial charge in [-0.15, -0.1) is 0 Å². The van der Waals surface area contributed by atoms with Crippen LogP contribution in [0.4, 0.5) is 0 Å². The molecule has 5 aliphatic rings. The van der Waals surface area contributed by atoms with Crippen molar-refractivity contribution in [1.29, 1.82) is 0 Å². The first-order valence-electron chi connectivity index (χ1n) is 17.7. The number of esters is 1. The molecule has 1 amide bonds. The Morgan fingerprint density at radius 2 is 1.55 bits per heavy atom. The molecule has 44 heavy (non-hydrogen) atoms. The van der Waals surface area contributed by atoms with E-state index in [1.807, 2.05) is 0 Å². The zero-order valence-electron chi connectivity index (χ0n) is 29.0. The van der Waals surface area contributed by atoms with E-state index in [0.29, 0.717) is 36.1 Å². The number of carbonyl (C=O) groups excluding carboxylic acids is 2. The van der Waals surface area contributed by atoms with E-state index >= 15 is 0 Å². The second-order valence-electron chi connectivity index (χ2n) is 17.3. The molecule has 0 bridgehead atoms. The van der Waals surface area contributed by atoms with Crippen LogP contribution in [-0.2, 0) is 20.9 Å². The molecular formula is C40H59NO3. The molecule has 4 nitrogen and oxygen atoms in total. The molecule has 0 heterocycles. The quantitative estimate of drug-likeness (QED) is 0.250. The number of methoxy groups -OCH3 is 1. The Labute approximate surface area is 267 Å². The van der Waals surface area contributed by atoms with Gasteiger partial charge in [0, 0.05) is 19.5 Å². The number of amides is 1. The summed E-state index contributed by atoms with van der Waals surface area (Å²) < 4.78 is 5.56. The fraction of sp³-hybridized carbons (Fsp3) is 0.750. The zero-order valence-corrected chi connectivity index (χ0v) is 29.0. The zero-order chi connectivity index (χ0) is 31.9. The molecule has 5 aliphatic carbocycles. The average molecular weight is 602 g/mol. The molecule has 0 N–H and O–H groups in total. The van der Waals surface area contributed by atoms with Crippen molar-refractivity contribution in [3.8, 4) is 0 Å². The number of rotatable bonds is 5. The lowest BCUT2D eigenvalue weighted by molar-refractivity contribution is -0.244. The molecule has 5 fully saturated rings. The predicted molar refractivity (Wildman–Crippen MR) is 177 cm³/mol. The van der Waals surface area contributed by atoms with E-state index in [2.05, 4.69) is 83.4 Å². The highest BCUT2D eigenvalue weighted by Crippen LogP contribution is 2.77. The van der Waals surface area contributed by atoms with Crippen LogP contribution in [0.25, 0.3) is 0 Å². The van der Waals surface area contributed by atoms with Crippen molar-refractivity contribution in [2.45, 2.75) is 125 Å². The lowest BCUT2D eigenvalue weighted by Gasteiger charge is -2.73. The van der Waals surface area contributed by atoms with Gasteiger partial charge in [-0.1, -0.05) is 77.1 Å². The average Bonchev–Trinajstić information content (AvgIpc) is 3.38. The van der Waals surface area contributed by atoms with Crippen molar-refractivity contribution in [2.24, 2.45) is 56.7 Å². The van der Waals surface area contributed by atoms with E-state index in [-0.39, 0.29) is 45.0 Å². The standard InChI is InChI=1S/C40H59NO3/c1-26(2)29-17-22-40(35(43)44-9)24-23-38(7)30(34(29)40)15-16-32-37(6)20-19-33(36(4,5)31(37)18-21-39(32,38)8)41(27(3)42)25-28-13-11-10-12-14-28/h10-14,29-34H,1,15-25H2,2-9H3/t29-,30?,31?,32?,33-,34?,37-,38+,39+,40-/m0/s1. The van der Waals surface area contributed by atoms with Crippen LogP contribution < -0.4 is 0 Å². The van der Waals surface area contributed by atoms with E-state index in [1.54, 1.807) is 14.0 Å². The maximum atomic E-state index is 13.6. The Kier molecular flexibility index (Phi) is 7.77. The number of nitrogens with zero attached hydrogens (tertiary/aromatic N) is 1. The predicted octanol–water partition coefficient (Wildman–Crippen LogP) is 9.23. The van der Waals surface area contributed by atoms with Crippen molar-refractivity contribution < 1.29 is 14.3 Å². The molecule has 4 heteroatoms. The Morgan fingerprint density at radius 1 is 0.841 bits per heavy atom. The summed E-state index contributed by atoms with van der Waals surface area (Å²) in [4.78, 5) is 29.0. The lowest BCUT2D eigenvalue weighted by atomic mass is 9.32. The van der Waals surface area contributed by atoms with Crippen LogP contribution in [0.5, 0.6) is 0 Å². The van der Waals surface area contributed by atoms with Gasteiger partial charge >= 0.3 is 5.97 Å². The number of benzene rings is 1. The molecule has 242 valence electrons. The van der Waals surface area contributed by atoms with Crippen LogP contribution >= 0.6 is 0 Å². The topological polar surface area (TPSA) is 46.6 Å². The highest BCUT2D eigenvalue weighted by Gasteiger charge is 2.72. The van der Waals surface area contributed by atoms with E-state index in [0.717, 1.165) is 32.1 Å². The molecule has 0 spiro atoms. The van der Waals surface area contributed by atoms with Gasteiger partial charge in [-0.2, -0.15) is 0 Å². The van der Waals surface area contributed by atoms with Gasteiger partial charge in [0.1, 0.15) is 0 Å². The fourth-order valence-electron chi connectivity index (χ4n) is 13.5. The summed E-state index contributed by atoms with van der Waals surface area (Å²) in [6.07, 6.45) is 11.3. The molecule has 0 radical (unpaired) electrons. The highest BCUT2D eigenvalue weighted by atomic mass is 16.5. The van der Waals surface area contributed by atoms with Crippen LogP contribution in [0.15, 0.2) is 42.5 Å². The SMILES string of the molecule is C=C(C)[C@@H]1CC[C@]2(C(=O)OC)CC[C@]3(C)C(CCC4[C@@]5(C)CC[C@H](N(Cc6ccccc6)C(C)=O)C(C)(C)C5CC[C@]43C)C12. The van der Waals surface area contributed by atoms with Gasteiger partial charge in [-0.3, -0.25) is 9.59 Å². The molecule has 0 saturated heterocycles. The normalized spacial score (nSPS) is 43.9. The first-order valence-corrected chi connectivity index (χ1v) is 17.7. The van der Waals surface area contributed by atoms with Crippen LogP contribution in [0.2, 0.25) is 0 Å². The lowest BCUT2D eigenvalue weighted by Crippen LogP contribution is -2.68. The number of ether oxygens (including phenoxy) is 1. The van der Waals surface area contributed by atoms with Gasteiger partial charge in [0.15, 0.2) is 0 Å². The van der Waals surface area contributed by atoms with Gasteiger partial charge in [-0.05, 0) is 128 Å². The first kappa shape index (κ1) is 31.9. The minimum atomic E-state index is -0.332. The third-order valence-electron chi connectivity index (χ3n) is 15.6. The van der Waals surface area contributed by atoms with E-state index in [1.165, 1.54) is 43.2 Å². The Bertz CT molecular complexity index is 1300. The van der Waals surface area contributed by atoms with Crippen molar-refractivity contribution in [3.05, 3.63) is 48.0 Å². The summed E-state index contributed by atoms with van der Waals surface area (Å²) in [5, 5.41) is 0. The number of hydrogen-bond donors (Lipinski definition) is 0. The maximum Gasteiger partial charge on any atom is 0.312 e. The van der Waals surface area contributed by atoms with E-state index < -0.39 is 0 Å². The maximum absolute atomic E-state index is 13.6. The van der Waals surface area contributed by atoms with Crippen molar-refractivity contribution in [2.75, 3.05) is 7.11 Å². The summed E-state index contributed by atoms with van der Waals surface area (Å²) in [6, 6.07) is 10.8. The molecule has 10 atom stereocenters. The molecule has 5 saturated carbocycles. The van der Waals surface area contributed by atoms with E-state index in [4.69, 9.17) is 4.74 Å². The fourth-order valence-corrected chi connectivity index (χ4v) is 13.5. The van der Waals surface area contributed by atoms with Crippen LogP contribution in [0.3, 0.4) is 0 Å². The largest absolute Gasteiger partial charge is 0.469 e. The molecule has 4 unspecified atom stereocenters. The molecular weight excluding hydrogens is 542 g/mol. The summed E-state index contributed by atoms with van der Waals surface area (Å²) >= 11 is 0. The minimum absolute atomic E-state index is 0.0373. The second kappa shape index (κ2) is 10.7. The van der Waals surface area contributed by atoms with Gasteiger partial charge in [0.25, 0.3) is 0 Å². The molecule has 1 aromatic carbocycles. The van der Waals surface area contributed by atoms with E-state index in [9.17, 15) is 9.59 Å². The molecule has 0 aromatic heterocycles. The van der Waals surface area contributed by atoms with Crippen LogP contribution in [0.1, 0.15) is 118 Å². The van der Waals surface area contributed by atoms with Crippen molar-refractivity contribution in [3.63, 3.8) is 0 Å². The number of hydrogen-bond acceptors (Lipinski definition) is 3. The molecule has 0 aliphatic heterocycles. The van der Waals surface area contributed by atoms with Crippen molar-refractivity contribution in [1.82, 2.24) is 4.90 Å². The summed E-state index contributed by atoms with van der Waals surface area (Å²) in [6.45, 7) is 22.0. The first-order chi connectivity index (χ1) is 20.7. The third-order valence-corrected chi connectivity index (χ3v) is 15.6. The summed E-state index contributed by atoms with van der Waals surface area (Å²) in [5.41, 5.74) is 2.87. The minimum Gasteiger partial charge on any atom is -0.469 e. The van der Waals surface area contributed by atoms with Crippen molar-refractivity contribution >= 4 is 11.9 Å². The smallest absolute Gasteiger partial charge is 0.312 e. The third kappa shape index (κ3) is 4.27. The highest BCUT2D eigenvalue weighted by molar-refractivity contribution is 5.78. The van der Waals surface area contributed by atoms with Gasteiger partial charge < -0.3 is 9.64 Å². The van der Waals surface area contributed by atoms with Gasteiger partial charge in [-0.25, -0.2) is 0 Å². The Morgan fingerprint density at radius 3 is 2.18 bits per heavy atom. The number of fused-ring (bicyclic) bond motifs is 7. The van der Waals surface area contributed by atoms with Crippen LogP contribution in [-0.4, -0.2) is 29.9 Å². The van der Waals surface area contributed by atoms with Gasteiger partial charge in [0.2, 0.25) is 5.91 Å². The second-order valence-corrected chi connectivity index (χ2v) is 17.3. The monoisotopic (exact) mass is 601 g/mol. The Hall–Kier alpha value is -2.10. The summed E-state index contributed by atoms with van der Waals surface area (Å²) in [5.74, 6) is 2.78. The molecule has 1 aromatic rings. The van der Waals surface area contributed by atoms with Gasteiger partial charge in [0.05, 0.1) is 12.5 Å². The van der Waals surface area contributed by atoms with Crippen LogP contribution in [0, 0.1) is 56.7 Å². The number of allylic oxidation sites excluding steroid dienone is 1. The number of carbonyl (C=O) groups is 2. The Balaban J connectivity index is 1.32.